The lowest BCUT2D eigenvalue weighted by molar-refractivity contribution is -0.141. The first-order valence-corrected chi connectivity index (χ1v) is 6.74. The fourth-order valence-corrected chi connectivity index (χ4v) is 2.64. The molecule has 0 aromatic carbocycles. The van der Waals surface area contributed by atoms with Gasteiger partial charge in [-0.05, 0) is 32.1 Å². The van der Waals surface area contributed by atoms with E-state index in [9.17, 15) is 9.59 Å². The van der Waals surface area contributed by atoms with Gasteiger partial charge < -0.3 is 16.0 Å². The van der Waals surface area contributed by atoms with Crippen LogP contribution in [0.1, 0.15) is 33.1 Å². The predicted octanol–water partition coefficient (Wildman–Crippen LogP) is 0.344. The van der Waals surface area contributed by atoms with Crippen molar-refractivity contribution in [3.63, 3.8) is 0 Å². The van der Waals surface area contributed by atoms with Crippen molar-refractivity contribution in [2.75, 3.05) is 20.1 Å². The number of carbonyl (C=O) groups is 2. The lowest BCUT2D eigenvalue weighted by Crippen LogP contribution is -2.46. The van der Waals surface area contributed by atoms with Crippen molar-refractivity contribution >= 4 is 11.8 Å². The number of nitrogens with one attached hydrogen (secondary N) is 1. The van der Waals surface area contributed by atoms with E-state index in [1.807, 2.05) is 6.92 Å². The van der Waals surface area contributed by atoms with Gasteiger partial charge in [0.05, 0.1) is 6.54 Å². The Balaban J connectivity index is 2.63. The number of carbonyl (C=O) groups excluding carboxylic acids is 2. The van der Waals surface area contributed by atoms with Crippen molar-refractivity contribution in [2.24, 2.45) is 17.6 Å². The molecule has 0 bridgehead atoms. The lowest BCUT2D eigenvalue weighted by Gasteiger charge is -2.34. The summed E-state index contributed by atoms with van der Waals surface area (Å²) < 4.78 is 0. The van der Waals surface area contributed by atoms with Crippen LogP contribution >= 0.6 is 0 Å². The summed E-state index contributed by atoms with van der Waals surface area (Å²) in [5.41, 5.74) is 5.91. The zero-order chi connectivity index (χ0) is 13.7. The van der Waals surface area contributed by atoms with Gasteiger partial charge in [0.1, 0.15) is 0 Å². The summed E-state index contributed by atoms with van der Waals surface area (Å²) in [7, 11) is 1.59. The second-order valence-corrected chi connectivity index (χ2v) is 5.18. The van der Waals surface area contributed by atoms with E-state index in [1.165, 1.54) is 0 Å². The number of hydrogen-bond donors (Lipinski definition) is 2. The van der Waals surface area contributed by atoms with E-state index in [0.717, 1.165) is 19.3 Å². The molecule has 0 radical (unpaired) electrons. The summed E-state index contributed by atoms with van der Waals surface area (Å²) in [4.78, 5) is 25.4. The summed E-state index contributed by atoms with van der Waals surface area (Å²) in [5, 5.41) is 2.55. The molecule has 1 rings (SSSR count). The second-order valence-electron chi connectivity index (χ2n) is 5.18. The van der Waals surface area contributed by atoms with Crippen LogP contribution in [-0.4, -0.2) is 42.9 Å². The van der Waals surface area contributed by atoms with Gasteiger partial charge in [-0.15, -0.1) is 0 Å². The van der Waals surface area contributed by atoms with Gasteiger partial charge in [-0.1, -0.05) is 6.92 Å². The smallest absolute Gasteiger partial charge is 0.239 e. The van der Waals surface area contributed by atoms with Crippen molar-refractivity contribution in [2.45, 2.75) is 39.2 Å². The Labute approximate surface area is 109 Å². The van der Waals surface area contributed by atoms with E-state index in [0.29, 0.717) is 12.5 Å². The van der Waals surface area contributed by atoms with Gasteiger partial charge in [0.25, 0.3) is 0 Å². The Hall–Kier alpha value is -1.10. The Morgan fingerprint density at radius 1 is 1.39 bits per heavy atom. The molecule has 1 aliphatic carbocycles. The van der Waals surface area contributed by atoms with Crippen LogP contribution in [0.2, 0.25) is 0 Å². The van der Waals surface area contributed by atoms with Gasteiger partial charge in [-0.3, -0.25) is 9.59 Å². The number of rotatable bonds is 4. The highest BCUT2D eigenvalue weighted by Crippen LogP contribution is 2.30. The third-order valence-corrected chi connectivity index (χ3v) is 3.83. The van der Waals surface area contributed by atoms with Crippen LogP contribution in [0.5, 0.6) is 0 Å². The van der Waals surface area contributed by atoms with Gasteiger partial charge in [0.2, 0.25) is 11.8 Å². The summed E-state index contributed by atoms with van der Waals surface area (Å²) in [6, 6.07) is 0.220. The molecule has 104 valence electrons. The minimum atomic E-state index is -0.120. The van der Waals surface area contributed by atoms with E-state index < -0.39 is 0 Å². The van der Waals surface area contributed by atoms with Crippen molar-refractivity contribution in [1.82, 2.24) is 10.2 Å². The fourth-order valence-electron chi connectivity index (χ4n) is 2.64. The maximum absolute atomic E-state index is 12.4. The lowest BCUT2D eigenvalue weighted by atomic mass is 9.77. The maximum Gasteiger partial charge on any atom is 0.239 e. The molecule has 3 N–H and O–H groups in total. The molecule has 5 heteroatoms. The molecular weight excluding hydrogens is 230 g/mol. The fraction of sp³-hybridized carbons (Fsp3) is 0.846. The minimum Gasteiger partial charge on any atom is -0.358 e. The molecule has 0 spiro atoms. The Morgan fingerprint density at radius 2 is 2.06 bits per heavy atom. The monoisotopic (exact) mass is 255 g/mol. The third kappa shape index (κ3) is 3.70. The molecule has 0 aromatic heterocycles. The normalized spacial score (nSPS) is 27.7. The van der Waals surface area contributed by atoms with Crippen LogP contribution in [-0.2, 0) is 9.59 Å². The van der Waals surface area contributed by atoms with Crippen LogP contribution in [0.25, 0.3) is 0 Å². The average Bonchev–Trinajstić information content (AvgIpc) is 2.34. The molecule has 18 heavy (non-hydrogen) atoms. The van der Waals surface area contributed by atoms with Gasteiger partial charge in [-0.2, -0.15) is 0 Å². The molecule has 2 amide bonds. The van der Waals surface area contributed by atoms with E-state index in [4.69, 9.17) is 5.73 Å². The van der Waals surface area contributed by atoms with Crippen molar-refractivity contribution < 1.29 is 9.59 Å². The molecule has 0 saturated heterocycles. The first-order chi connectivity index (χ1) is 8.49. The van der Waals surface area contributed by atoms with Crippen LogP contribution in [0.3, 0.4) is 0 Å². The minimum absolute atomic E-state index is 0.0226. The van der Waals surface area contributed by atoms with Crippen molar-refractivity contribution in [1.29, 1.82) is 0 Å². The number of nitrogens with two attached hydrogens (primary N) is 1. The van der Waals surface area contributed by atoms with Crippen LogP contribution in [0.4, 0.5) is 0 Å². The van der Waals surface area contributed by atoms with Crippen LogP contribution in [0, 0.1) is 11.8 Å². The summed E-state index contributed by atoms with van der Waals surface area (Å²) in [5.74, 6) is 0.306. The molecule has 0 aliphatic heterocycles. The topological polar surface area (TPSA) is 75.4 Å². The number of amides is 2. The standard InChI is InChI=1S/C13H25N3O2/c1-4-16(8-12(17)15-3)13(18)11-6-5-10(14)7-9(11)2/h9-11H,4-8,14H2,1-3H3,(H,15,17). The third-order valence-electron chi connectivity index (χ3n) is 3.83. The van der Waals surface area contributed by atoms with Gasteiger partial charge >= 0.3 is 0 Å². The molecule has 1 saturated carbocycles. The zero-order valence-corrected chi connectivity index (χ0v) is 11.6. The zero-order valence-electron chi connectivity index (χ0n) is 11.6. The SMILES string of the molecule is CCN(CC(=O)NC)C(=O)C1CCC(N)CC1C. The molecule has 1 fully saturated rings. The highest BCUT2D eigenvalue weighted by atomic mass is 16.2. The van der Waals surface area contributed by atoms with Gasteiger partial charge in [0.15, 0.2) is 0 Å². The van der Waals surface area contributed by atoms with E-state index in [-0.39, 0.29) is 30.3 Å². The molecule has 0 aromatic rings. The van der Waals surface area contributed by atoms with E-state index >= 15 is 0 Å². The molecule has 3 atom stereocenters. The Morgan fingerprint density at radius 3 is 2.56 bits per heavy atom. The quantitative estimate of drug-likeness (QED) is 0.761. The number of nitrogens with zero attached hydrogens (tertiary/aromatic N) is 1. The van der Waals surface area contributed by atoms with Crippen molar-refractivity contribution in [3.05, 3.63) is 0 Å². The van der Waals surface area contributed by atoms with Gasteiger partial charge in [0, 0.05) is 25.6 Å². The number of hydrogen-bond acceptors (Lipinski definition) is 3. The first-order valence-electron chi connectivity index (χ1n) is 6.74. The molecule has 0 heterocycles. The average molecular weight is 255 g/mol. The molecule has 3 unspecified atom stereocenters. The molecule has 5 nitrogen and oxygen atoms in total. The Bertz CT molecular complexity index is 307. The predicted molar refractivity (Wildman–Crippen MR) is 70.8 cm³/mol. The summed E-state index contributed by atoms with van der Waals surface area (Å²) >= 11 is 0. The maximum atomic E-state index is 12.4. The van der Waals surface area contributed by atoms with Crippen LogP contribution in [0.15, 0.2) is 0 Å². The van der Waals surface area contributed by atoms with E-state index in [1.54, 1.807) is 11.9 Å². The Kier molecular flexibility index (Phi) is 5.59. The van der Waals surface area contributed by atoms with Gasteiger partial charge in [-0.25, -0.2) is 0 Å². The summed E-state index contributed by atoms with van der Waals surface area (Å²) in [6.07, 6.45) is 2.64. The highest BCUT2D eigenvalue weighted by molar-refractivity contribution is 5.86. The largest absolute Gasteiger partial charge is 0.358 e. The second kappa shape index (κ2) is 6.73. The van der Waals surface area contributed by atoms with Crippen LogP contribution < -0.4 is 11.1 Å². The van der Waals surface area contributed by atoms with E-state index in [2.05, 4.69) is 12.2 Å². The molecular formula is C13H25N3O2. The highest BCUT2D eigenvalue weighted by Gasteiger charge is 2.33. The summed E-state index contributed by atoms with van der Waals surface area (Å²) in [6.45, 7) is 4.71. The number of likely N-dealkylation sites (N-methyl/N-ethyl adjacent to an activating group) is 2. The molecule has 1 aliphatic rings. The van der Waals surface area contributed by atoms with Crippen molar-refractivity contribution in [3.8, 4) is 0 Å². The first kappa shape index (κ1) is 15.0.